The third-order valence-electron chi connectivity index (χ3n) is 4.77. The van der Waals surface area contributed by atoms with Crippen LogP contribution in [0.5, 0.6) is 0 Å². The minimum absolute atomic E-state index is 0.154. The fourth-order valence-corrected chi connectivity index (χ4v) is 3.48. The highest BCUT2D eigenvalue weighted by Crippen LogP contribution is 2.23. The van der Waals surface area contributed by atoms with E-state index in [1.165, 1.54) is 5.56 Å². The summed E-state index contributed by atoms with van der Waals surface area (Å²) in [6.45, 7) is 0.831. The Labute approximate surface area is 151 Å². The molecule has 1 unspecified atom stereocenters. The number of nitrogens with zero attached hydrogens (tertiary/aromatic N) is 3. The van der Waals surface area contributed by atoms with Crippen molar-refractivity contribution < 1.29 is 13.7 Å². The van der Waals surface area contributed by atoms with Crippen molar-refractivity contribution in [2.75, 3.05) is 6.54 Å². The monoisotopic (exact) mass is 351 g/mol. The smallest absolute Gasteiger partial charge is 0.238 e. The maximum atomic E-state index is 12.7. The summed E-state index contributed by atoms with van der Waals surface area (Å²) in [5.74, 6) is 1.60. The largest absolute Gasteiger partial charge is 0.461 e. The third-order valence-corrected chi connectivity index (χ3v) is 4.77. The summed E-state index contributed by atoms with van der Waals surface area (Å²) in [5, 5.41) is 3.90. The van der Waals surface area contributed by atoms with E-state index in [-0.39, 0.29) is 11.9 Å². The summed E-state index contributed by atoms with van der Waals surface area (Å²) >= 11 is 0. The Bertz CT molecular complexity index is 842. The number of aromatic nitrogens is 2. The fourth-order valence-electron chi connectivity index (χ4n) is 3.48. The Morgan fingerprint density at radius 2 is 2.08 bits per heavy atom. The van der Waals surface area contributed by atoms with Gasteiger partial charge in [0.2, 0.25) is 17.6 Å². The molecule has 0 N–H and O–H groups in total. The second-order valence-electron chi connectivity index (χ2n) is 6.56. The molecule has 2 aromatic heterocycles. The molecule has 3 heterocycles. The first-order valence-corrected chi connectivity index (χ1v) is 8.99. The van der Waals surface area contributed by atoms with Gasteiger partial charge in [0.1, 0.15) is 0 Å². The normalized spacial score (nSPS) is 16.9. The van der Waals surface area contributed by atoms with Crippen LogP contribution in [0.1, 0.15) is 30.7 Å². The van der Waals surface area contributed by atoms with Crippen molar-refractivity contribution in [2.24, 2.45) is 0 Å². The van der Waals surface area contributed by atoms with Gasteiger partial charge in [0, 0.05) is 25.4 Å². The van der Waals surface area contributed by atoms with Crippen LogP contribution in [0.15, 0.2) is 57.7 Å². The van der Waals surface area contributed by atoms with Gasteiger partial charge in [0.15, 0.2) is 5.76 Å². The van der Waals surface area contributed by atoms with Crippen LogP contribution >= 0.6 is 0 Å². The van der Waals surface area contributed by atoms with Crippen LogP contribution in [0.3, 0.4) is 0 Å². The lowest BCUT2D eigenvalue weighted by Crippen LogP contribution is -2.36. The molecule has 1 aromatic carbocycles. The molecule has 0 radical (unpaired) electrons. The van der Waals surface area contributed by atoms with Crippen LogP contribution in [0.4, 0.5) is 0 Å². The molecule has 1 fully saturated rings. The van der Waals surface area contributed by atoms with E-state index in [0.29, 0.717) is 30.3 Å². The van der Waals surface area contributed by atoms with Crippen molar-refractivity contribution in [2.45, 2.75) is 38.1 Å². The zero-order valence-corrected chi connectivity index (χ0v) is 14.5. The molecule has 0 spiro atoms. The lowest BCUT2D eigenvalue weighted by Gasteiger charge is -2.24. The second-order valence-corrected chi connectivity index (χ2v) is 6.56. The van der Waals surface area contributed by atoms with Crippen LogP contribution < -0.4 is 0 Å². The zero-order valence-electron chi connectivity index (χ0n) is 14.5. The van der Waals surface area contributed by atoms with Crippen molar-refractivity contribution >= 4 is 5.91 Å². The molecule has 0 saturated carbocycles. The Morgan fingerprint density at radius 1 is 1.19 bits per heavy atom. The number of carbonyl (C=O) groups is 1. The molecule has 0 bridgehead atoms. The number of amides is 1. The summed E-state index contributed by atoms with van der Waals surface area (Å²) in [6, 6.07) is 14.2. The summed E-state index contributed by atoms with van der Waals surface area (Å²) in [7, 11) is 0. The lowest BCUT2D eigenvalue weighted by atomic mass is 10.0. The highest BCUT2D eigenvalue weighted by atomic mass is 16.5. The number of benzene rings is 1. The topological polar surface area (TPSA) is 72.4 Å². The Kier molecular flexibility index (Phi) is 4.82. The van der Waals surface area contributed by atoms with Crippen LogP contribution in [0.25, 0.3) is 11.6 Å². The summed E-state index contributed by atoms with van der Waals surface area (Å²) in [4.78, 5) is 19.0. The van der Waals surface area contributed by atoms with E-state index in [2.05, 4.69) is 22.3 Å². The van der Waals surface area contributed by atoms with Gasteiger partial charge < -0.3 is 13.8 Å². The van der Waals surface area contributed by atoms with E-state index in [9.17, 15) is 4.79 Å². The molecule has 1 aliphatic rings. The fraction of sp³-hybridized carbons (Fsp3) is 0.350. The molecular weight excluding hydrogens is 330 g/mol. The van der Waals surface area contributed by atoms with Crippen molar-refractivity contribution in [3.63, 3.8) is 0 Å². The van der Waals surface area contributed by atoms with Crippen molar-refractivity contribution in [3.8, 4) is 11.6 Å². The number of carbonyl (C=O) groups excluding carboxylic acids is 1. The predicted molar refractivity (Wildman–Crippen MR) is 95.2 cm³/mol. The Balaban J connectivity index is 1.34. The molecule has 0 aliphatic carbocycles. The molecule has 1 saturated heterocycles. The van der Waals surface area contributed by atoms with Gasteiger partial charge in [0.05, 0.1) is 6.26 Å². The van der Waals surface area contributed by atoms with Gasteiger partial charge in [-0.2, -0.15) is 4.98 Å². The molecule has 1 atom stereocenters. The molecule has 3 aromatic rings. The number of rotatable bonds is 6. The molecular formula is C20H21N3O3. The zero-order chi connectivity index (χ0) is 17.8. The van der Waals surface area contributed by atoms with E-state index >= 15 is 0 Å². The molecule has 134 valence electrons. The number of aryl methyl sites for hydroxylation is 1. The molecule has 1 amide bonds. The van der Waals surface area contributed by atoms with Crippen molar-refractivity contribution in [1.82, 2.24) is 15.0 Å². The summed E-state index contributed by atoms with van der Waals surface area (Å²) in [6.07, 6.45) is 5.42. The molecule has 4 rings (SSSR count). The Morgan fingerprint density at radius 3 is 2.88 bits per heavy atom. The number of hydrogen-bond donors (Lipinski definition) is 0. The first kappa shape index (κ1) is 16.6. The number of likely N-dealkylation sites (tertiary alicyclic amines) is 1. The lowest BCUT2D eigenvalue weighted by molar-refractivity contribution is -0.132. The summed E-state index contributed by atoms with van der Waals surface area (Å²) < 4.78 is 10.5. The minimum atomic E-state index is 0.154. The average Bonchev–Trinajstić information content (AvgIpc) is 3.41. The van der Waals surface area contributed by atoms with E-state index < -0.39 is 0 Å². The van der Waals surface area contributed by atoms with Crippen LogP contribution in [0.2, 0.25) is 0 Å². The van der Waals surface area contributed by atoms with Crippen molar-refractivity contribution in [3.05, 3.63) is 60.2 Å². The van der Waals surface area contributed by atoms with E-state index in [1.807, 2.05) is 23.1 Å². The van der Waals surface area contributed by atoms with Gasteiger partial charge in [-0.05, 0) is 37.0 Å². The average molecular weight is 351 g/mol. The highest BCUT2D eigenvalue weighted by Gasteiger charge is 2.28. The first-order chi connectivity index (χ1) is 12.8. The predicted octanol–water partition coefficient (Wildman–Crippen LogP) is 3.50. The van der Waals surface area contributed by atoms with Gasteiger partial charge in [-0.15, -0.1) is 0 Å². The van der Waals surface area contributed by atoms with E-state index in [4.69, 9.17) is 8.94 Å². The van der Waals surface area contributed by atoms with E-state index in [1.54, 1.807) is 18.4 Å². The Hall–Kier alpha value is -2.89. The van der Waals surface area contributed by atoms with Crippen LogP contribution in [-0.4, -0.2) is 33.5 Å². The molecule has 1 aliphatic heterocycles. The molecule has 6 heteroatoms. The SMILES string of the molecule is O=C(CCc1nc(-c2ccco2)no1)N1CCCC1Cc1ccccc1. The standard InChI is InChI=1S/C20H21N3O3/c24-19(11-10-18-21-20(22-26-18)17-9-5-13-25-17)23-12-4-8-16(23)14-15-6-2-1-3-7-15/h1-3,5-7,9,13,16H,4,8,10-12,14H2. The number of furan rings is 1. The van der Waals surface area contributed by atoms with Crippen LogP contribution in [0, 0.1) is 0 Å². The van der Waals surface area contributed by atoms with Gasteiger partial charge >= 0.3 is 0 Å². The second kappa shape index (κ2) is 7.56. The maximum absolute atomic E-state index is 12.7. The summed E-state index contributed by atoms with van der Waals surface area (Å²) in [5.41, 5.74) is 1.28. The third kappa shape index (κ3) is 3.69. The van der Waals surface area contributed by atoms with Gasteiger partial charge in [-0.3, -0.25) is 4.79 Å². The van der Waals surface area contributed by atoms with Gasteiger partial charge in [-0.25, -0.2) is 0 Å². The van der Waals surface area contributed by atoms with E-state index in [0.717, 1.165) is 25.8 Å². The highest BCUT2D eigenvalue weighted by molar-refractivity contribution is 5.77. The maximum Gasteiger partial charge on any atom is 0.238 e. The first-order valence-electron chi connectivity index (χ1n) is 8.99. The minimum Gasteiger partial charge on any atom is -0.461 e. The quantitative estimate of drug-likeness (QED) is 0.680. The van der Waals surface area contributed by atoms with Gasteiger partial charge in [0.25, 0.3) is 0 Å². The molecule has 6 nitrogen and oxygen atoms in total. The van der Waals surface area contributed by atoms with Crippen LogP contribution in [-0.2, 0) is 17.6 Å². The number of hydrogen-bond acceptors (Lipinski definition) is 5. The molecule has 26 heavy (non-hydrogen) atoms. The van der Waals surface area contributed by atoms with Crippen molar-refractivity contribution in [1.29, 1.82) is 0 Å². The van der Waals surface area contributed by atoms with Gasteiger partial charge in [-0.1, -0.05) is 35.5 Å².